The summed E-state index contributed by atoms with van der Waals surface area (Å²) in [5, 5.41) is 20.1. The topological polar surface area (TPSA) is 117 Å². The van der Waals surface area contributed by atoms with E-state index in [0.717, 1.165) is 31.7 Å². The van der Waals surface area contributed by atoms with E-state index in [2.05, 4.69) is 32.1 Å². The highest BCUT2D eigenvalue weighted by molar-refractivity contribution is 7.26. The van der Waals surface area contributed by atoms with E-state index in [9.17, 15) is 10.1 Å². The molecule has 0 aromatic carbocycles. The molecule has 0 atom stereocenters. The van der Waals surface area contributed by atoms with Gasteiger partial charge in [-0.15, -0.1) is 16.4 Å². The quantitative estimate of drug-likeness (QED) is 0.349. The Balaban J connectivity index is 1.65. The lowest BCUT2D eigenvalue weighted by Gasteiger charge is -1.98. The molecule has 0 aliphatic carbocycles. The number of thiophene rings is 1. The van der Waals surface area contributed by atoms with E-state index < -0.39 is 4.92 Å². The van der Waals surface area contributed by atoms with Gasteiger partial charge >= 0.3 is 5.82 Å². The minimum absolute atomic E-state index is 0.204. The highest BCUT2D eigenvalue weighted by Gasteiger charge is 2.17. The number of pyridine rings is 1. The fraction of sp³-hybridized carbons (Fsp3) is 0.188. The van der Waals surface area contributed by atoms with Crippen LogP contribution in [0.1, 0.15) is 17.1 Å². The minimum atomic E-state index is -0.532. The van der Waals surface area contributed by atoms with Crippen LogP contribution in [0.3, 0.4) is 0 Å². The van der Waals surface area contributed by atoms with Crippen LogP contribution in [0.4, 0.5) is 5.82 Å². The molecule has 0 amide bonds. The molecule has 5 aromatic heterocycles. The Morgan fingerprint density at radius 3 is 2.89 bits per heavy atom. The molecular formula is C16H12N8O2S. The summed E-state index contributed by atoms with van der Waals surface area (Å²) in [6.45, 7) is 4.26. The SMILES string of the molecule is Cc1cc(C)c2c(n1)sc1c2ncn2nc(Cn3ccc([N+](=O)[O-])n3)nc12. The second kappa shape index (κ2) is 5.51. The second-order valence-electron chi connectivity index (χ2n) is 6.21. The molecule has 0 N–H and O–H groups in total. The van der Waals surface area contributed by atoms with Crippen LogP contribution in [0, 0.1) is 24.0 Å². The summed E-state index contributed by atoms with van der Waals surface area (Å²) in [5.74, 6) is 0.296. The van der Waals surface area contributed by atoms with Crippen molar-refractivity contribution in [2.75, 3.05) is 0 Å². The Morgan fingerprint density at radius 2 is 2.11 bits per heavy atom. The van der Waals surface area contributed by atoms with Crippen LogP contribution in [-0.2, 0) is 6.54 Å². The molecular weight excluding hydrogens is 368 g/mol. The molecule has 0 unspecified atom stereocenters. The number of hydrogen-bond donors (Lipinski definition) is 0. The minimum Gasteiger partial charge on any atom is -0.358 e. The third-order valence-corrected chi connectivity index (χ3v) is 5.32. The Bertz CT molecular complexity index is 1370. The first kappa shape index (κ1) is 15.8. The lowest BCUT2D eigenvalue weighted by atomic mass is 10.1. The maximum absolute atomic E-state index is 10.8. The molecule has 134 valence electrons. The molecule has 11 heteroatoms. The Morgan fingerprint density at radius 1 is 1.26 bits per heavy atom. The molecule has 5 aromatic rings. The first-order chi connectivity index (χ1) is 13.0. The van der Waals surface area contributed by atoms with Crippen molar-refractivity contribution in [1.82, 2.24) is 34.3 Å². The largest absolute Gasteiger partial charge is 0.389 e. The van der Waals surface area contributed by atoms with E-state index in [1.54, 1.807) is 10.8 Å². The summed E-state index contributed by atoms with van der Waals surface area (Å²) in [5.41, 5.74) is 3.65. The van der Waals surface area contributed by atoms with Gasteiger partial charge in [0.05, 0.1) is 22.9 Å². The lowest BCUT2D eigenvalue weighted by molar-refractivity contribution is -0.389. The zero-order chi connectivity index (χ0) is 18.7. The summed E-state index contributed by atoms with van der Waals surface area (Å²) in [6, 6.07) is 3.39. The average Bonchev–Trinajstić information content (AvgIpc) is 3.29. The van der Waals surface area contributed by atoms with Crippen LogP contribution in [0.2, 0.25) is 0 Å². The first-order valence-electron chi connectivity index (χ1n) is 8.08. The summed E-state index contributed by atoms with van der Waals surface area (Å²) >= 11 is 1.54. The van der Waals surface area contributed by atoms with E-state index >= 15 is 0 Å². The monoisotopic (exact) mass is 380 g/mol. The summed E-state index contributed by atoms with van der Waals surface area (Å²) < 4.78 is 3.98. The predicted octanol–water partition coefficient (Wildman–Crippen LogP) is 2.66. The Kier molecular flexibility index (Phi) is 3.22. The molecule has 0 aliphatic heterocycles. The number of fused-ring (bicyclic) bond motifs is 5. The smallest absolute Gasteiger partial charge is 0.358 e. The van der Waals surface area contributed by atoms with Crippen LogP contribution in [0.5, 0.6) is 0 Å². The summed E-state index contributed by atoms with van der Waals surface area (Å²) in [7, 11) is 0. The fourth-order valence-corrected chi connectivity index (χ4v) is 4.39. The maximum atomic E-state index is 10.8. The van der Waals surface area contributed by atoms with Crippen LogP contribution >= 0.6 is 11.3 Å². The van der Waals surface area contributed by atoms with Gasteiger partial charge in [-0.3, -0.25) is 0 Å². The van der Waals surface area contributed by atoms with Gasteiger partial charge in [0.2, 0.25) is 0 Å². The van der Waals surface area contributed by atoms with Gasteiger partial charge in [0, 0.05) is 11.1 Å². The highest BCUT2D eigenvalue weighted by atomic mass is 32.1. The van der Waals surface area contributed by atoms with Gasteiger partial charge in [0.1, 0.15) is 22.4 Å². The van der Waals surface area contributed by atoms with Crippen molar-refractivity contribution in [2.24, 2.45) is 0 Å². The molecule has 0 aliphatic rings. The highest BCUT2D eigenvalue weighted by Crippen LogP contribution is 2.35. The van der Waals surface area contributed by atoms with Crippen molar-refractivity contribution in [1.29, 1.82) is 0 Å². The fourth-order valence-electron chi connectivity index (χ4n) is 3.16. The summed E-state index contributed by atoms with van der Waals surface area (Å²) in [4.78, 5) is 24.9. The zero-order valence-electron chi connectivity index (χ0n) is 14.3. The third kappa shape index (κ3) is 2.43. The Labute approximate surface area is 155 Å². The molecule has 0 saturated carbocycles. The average molecular weight is 380 g/mol. The van der Waals surface area contributed by atoms with Gasteiger partial charge in [-0.1, -0.05) is 0 Å². The third-order valence-electron chi connectivity index (χ3n) is 4.25. The number of rotatable bonds is 3. The van der Waals surface area contributed by atoms with Crippen molar-refractivity contribution < 1.29 is 4.92 Å². The van der Waals surface area contributed by atoms with E-state index in [4.69, 9.17) is 0 Å². The zero-order valence-corrected chi connectivity index (χ0v) is 15.1. The van der Waals surface area contributed by atoms with Gasteiger partial charge in [-0.2, -0.15) is 4.68 Å². The number of nitro groups is 1. The molecule has 5 heterocycles. The Hall–Kier alpha value is -3.47. The van der Waals surface area contributed by atoms with Crippen molar-refractivity contribution in [3.8, 4) is 0 Å². The van der Waals surface area contributed by atoms with E-state index in [1.165, 1.54) is 28.3 Å². The van der Waals surface area contributed by atoms with E-state index in [1.807, 2.05) is 13.0 Å². The molecule has 0 spiro atoms. The number of hydrogen-bond acceptors (Lipinski definition) is 8. The van der Waals surface area contributed by atoms with Crippen molar-refractivity contribution >= 4 is 43.2 Å². The van der Waals surface area contributed by atoms with E-state index in [-0.39, 0.29) is 12.4 Å². The number of aryl methyl sites for hydroxylation is 2. The summed E-state index contributed by atoms with van der Waals surface area (Å²) in [6.07, 6.45) is 3.17. The van der Waals surface area contributed by atoms with Crippen LogP contribution in [0.15, 0.2) is 24.7 Å². The first-order valence-corrected chi connectivity index (χ1v) is 8.90. The van der Waals surface area contributed by atoms with Crippen molar-refractivity contribution in [2.45, 2.75) is 20.4 Å². The predicted molar refractivity (Wildman–Crippen MR) is 98.9 cm³/mol. The van der Waals surface area contributed by atoms with Gasteiger partial charge < -0.3 is 10.1 Å². The number of nitrogens with zero attached hydrogens (tertiary/aromatic N) is 8. The molecule has 0 bridgehead atoms. The van der Waals surface area contributed by atoms with Gasteiger partial charge in [-0.05, 0) is 30.4 Å². The van der Waals surface area contributed by atoms with Crippen LogP contribution in [-0.4, -0.2) is 39.3 Å². The van der Waals surface area contributed by atoms with Crippen molar-refractivity contribution in [3.05, 3.63) is 51.9 Å². The molecule has 27 heavy (non-hydrogen) atoms. The number of aromatic nitrogens is 7. The molecule has 0 saturated heterocycles. The molecule has 5 rings (SSSR count). The maximum Gasteiger partial charge on any atom is 0.389 e. The van der Waals surface area contributed by atoms with Crippen molar-refractivity contribution in [3.63, 3.8) is 0 Å². The van der Waals surface area contributed by atoms with Crippen LogP contribution < -0.4 is 0 Å². The second-order valence-corrected chi connectivity index (χ2v) is 7.21. The van der Waals surface area contributed by atoms with Gasteiger partial charge in [-0.25, -0.2) is 19.5 Å². The van der Waals surface area contributed by atoms with Crippen LogP contribution in [0.25, 0.3) is 26.1 Å². The molecule has 10 nitrogen and oxygen atoms in total. The lowest BCUT2D eigenvalue weighted by Crippen LogP contribution is -2.03. The normalized spacial score (nSPS) is 11.8. The van der Waals surface area contributed by atoms with Gasteiger partial charge in [0.25, 0.3) is 0 Å². The van der Waals surface area contributed by atoms with Gasteiger partial charge in [0.15, 0.2) is 11.5 Å². The standard InChI is InChI=1S/C16H12N8O2S/c1-8-5-9(2)18-16-12(8)13-14(27-16)15-19-10(20-23(15)7-17-13)6-22-4-3-11(21-22)24(25)26/h3-5,7H,6H2,1-2H3. The van der Waals surface area contributed by atoms with E-state index in [0.29, 0.717) is 11.5 Å². The molecule has 0 fully saturated rings. The molecule has 0 radical (unpaired) electrons.